The largest absolute Gasteiger partial charge is 0.491 e. The summed E-state index contributed by atoms with van der Waals surface area (Å²) in [5.74, 6) is 1.12. The quantitative estimate of drug-likeness (QED) is 0.801. The predicted molar refractivity (Wildman–Crippen MR) is 103 cm³/mol. The van der Waals surface area contributed by atoms with E-state index < -0.39 is 12.2 Å². The molecule has 2 unspecified atom stereocenters. The van der Waals surface area contributed by atoms with Crippen LogP contribution in [0.15, 0.2) is 54.6 Å². The highest BCUT2D eigenvalue weighted by Crippen LogP contribution is 2.30. The highest BCUT2D eigenvalue weighted by Gasteiger charge is 2.27. The minimum absolute atomic E-state index is 0.286. The summed E-state index contributed by atoms with van der Waals surface area (Å²) in [6.07, 6.45) is 0.987. The number of likely N-dealkylation sites (tertiary alicyclic amines) is 1. The van der Waals surface area contributed by atoms with Crippen LogP contribution in [0.4, 0.5) is 0 Å². The molecule has 4 heteroatoms. The Kier molecular flexibility index (Phi) is 6.67. The lowest BCUT2D eigenvalue weighted by Gasteiger charge is -2.35. The van der Waals surface area contributed by atoms with Gasteiger partial charge in [0.15, 0.2) is 0 Å². The number of β-amino-alcohol motifs (C(OH)–C–C–N with tert-alkyl or cyclic N) is 1. The monoisotopic (exact) mass is 355 g/mol. The first-order valence-electron chi connectivity index (χ1n) is 9.45. The van der Waals surface area contributed by atoms with Crippen molar-refractivity contribution in [2.24, 2.45) is 5.92 Å². The molecule has 0 amide bonds. The van der Waals surface area contributed by atoms with Gasteiger partial charge in [-0.3, -0.25) is 0 Å². The van der Waals surface area contributed by atoms with Crippen LogP contribution < -0.4 is 4.74 Å². The Balaban J connectivity index is 1.41. The lowest BCUT2D eigenvalue weighted by Crippen LogP contribution is -2.41. The van der Waals surface area contributed by atoms with Gasteiger partial charge in [0, 0.05) is 6.54 Å². The van der Waals surface area contributed by atoms with Crippen LogP contribution in [0, 0.1) is 12.8 Å². The molecule has 1 aliphatic rings. The number of ether oxygens (including phenoxy) is 1. The summed E-state index contributed by atoms with van der Waals surface area (Å²) in [6, 6.07) is 17.7. The summed E-state index contributed by atoms with van der Waals surface area (Å²) in [6.45, 7) is 4.72. The second kappa shape index (κ2) is 9.17. The molecule has 2 aromatic rings. The first-order valence-corrected chi connectivity index (χ1v) is 9.45. The fraction of sp³-hybridized carbons (Fsp3) is 0.455. The summed E-state index contributed by atoms with van der Waals surface area (Å²) < 4.78 is 5.74. The van der Waals surface area contributed by atoms with E-state index in [0.717, 1.165) is 42.8 Å². The van der Waals surface area contributed by atoms with Crippen molar-refractivity contribution in [2.75, 3.05) is 26.2 Å². The average Bonchev–Trinajstić information content (AvgIpc) is 2.68. The molecule has 140 valence electrons. The molecule has 2 aromatic carbocycles. The van der Waals surface area contributed by atoms with Crippen molar-refractivity contribution in [2.45, 2.75) is 32.0 Å². The molecule has 0 spiro atoms. The van der Waals surface area contributed by atoms with Gasteiger partial charge >= 0.3 is 0 Å². The van der Waals surface area contributed by atoms with Gasteiger partial charge in [-0.15, -0.1) is 0 Å². The van der Waals surface area contributed by atoms with E-state index >= 15 is 0 Å². The summed E-state index contributed by atoms with van der Waals surface area (Å²) in [4.78, 5) is 2.26. The van der Waals surface area contributed by atoms with Crippen molar-refractivity contribution < 1.29 is 14.9 Å². The van der Waals surface area contributed by atoms with Crippen molar-refractivity contribution in [1.82, 2.24) is 4.90 Å². The molecule has 3 rings (SSSR count). The van der Waals surface area contributed by atoms with Gasteiger partial charge in [-0.2, -0.15) is 0 Å². The average molecular weight is 355 g/mol. The molecule has 0 aromatic heterocycles. The number of para-hydroxylation sites is 1. The Hall–Kier alpha value is -1.88. The third-order valence-corrected chi connectivity index (χ3v) is 5.21. The highest BCUT2D eigenvalue weighted by atomic mass is 16.5. The maximum absolute atomic E-state index is 10.6. The van der Waals surface area contributed by atoms with Crippen molar-refractivity contribution in [3.05, 3.63) is 65.7 Å². The summed E-state index contributed by atoms with van der Waals surface area (Å²) in [7, 11) is 0. The Labute approximate surface area is 156 Å². The molecule has 0 aliphatic carbocycles. The number of aliphatic hydroxyl groups is 2. The maximum Gasteiger partial charge on any atom is 0.122 e. The van der Waals surface area contributed by atoms with Crippen molar-refractivity contribution >= 4 is 0 Å². The van der Waals surface area contributed by atoms with Gasteiger partial charge in [0.1, 0.15) is 18.5 Å². The Bertz CT molecular complexity index is 668. The summed E-state index contributed by atoms with van der Waals surface area (Å²) in [5.41, 5.74) is 2.08. The van der Waals surface area contributed by atoms with Crippen LogP contribution in [0.1, 0.15) is 30.1 Å². The molecule has 0 saturated carbocycles. The smallest absolute Gasteiger partial charge is 0.122 e. The van der Waals surface area contributed by atoms with E-state index in [9.17, 15) is 10.2 Å². The zero-order valence-electron chi connectivity index (χ0n) is 15.4. The lowest BCUT2D eigenvalue weighted by atomic mass is 9.87. The number of benzene rings is 2. The number of rotatable bonds is 7. The van der Waals surface area contributed by atoms with Crippen LogP contribution in [0.2, 0.25) is 0 Å². The van der Waals surface area contributed by atoms with Crippen LogP contribution in [-0.2, 0) is 0 Å². The van der Waals surface area contributed by atoms with Gasteiger partial charge in [-0.25, -0.2) is 0 Å². The predicted octanol–water partition coefficient (Wildman–Crippen LogP) is 3.18. The standard InChI is InChI=1S/C22H29NO3/c1-17-7-5-6-10-21(17)26-16-20(24)15-23-13-11-19(12-14-23)22(25)18-8-3-2-4-9-18/h2-10,19-20,22,24-25H,11-16H2,1H3. The number of nitrogens with zero attached hydrogens (tertiary/aromatic N) is 1. The molecule has 0 bridgehead atoms. The number of hydrogen-bond acceptors (Lipinski definition) is 4. The van der Waals surface area contributed by atoms with Crippen LogP contribution in [0.5, 0.6) is 5.75 Å². The van der Waals surface area contributed by atoms with Gasteiger partial charge in [-0.05, 0) is 56.0 Å². The number of hydrogen-bond donors (Lipinski definition) is 2. The minimum Gasteiger partial charge on any atom is -0.491 e. The van der Waals surface area contributed by atoms with E-state index in [1.807, 2.05) is 61.5 Å². The molecule has 2 N–H and O–H groups in total. The van der Waals surface area contributed by atoms with Crippen LogP contribution >= 0.6 is 0 Å². The first-order chi connectivity index (χ1) is 12.6. The van der Waals surface area contributed by atoms with Crippen molar-refractivity contribution in [3.8, 4) is 5.75 Å². The lowest BCUT2D eigenvalue weighted by molar-refractivity contribution is 0.0278. The van der Waals surface area contributed by atoms with Gasteiger partial charge in [-0.1, -0.05) is 48.5 Å². The van der Waals surface area contributed by atoms with E-state index in [2.05, 4.69) is 4.90 Å². The molecule has 1 aliphatic heterocycles. The Morgan fingerprint density at radius 1 is 1.00 bits per heavy atom. The molecule has 1 fully saturated rings. The van der Waals surface area contributed by atoms with Gasteiger partial charge < -0.3 is 19.8 Å². The van der Waals surface area contributed by atoms with E-state index in [-0.39, 0.29) is 5.92 Å². The van der Waals surface area contributed by atoms with Crippen molar-refractivity contribution in [1.29, 1.82) is 0 Å². The van der Waals surface area contributed by atoms with E-state index in [1.54, 1.807) is 0 Å². The minimum atomic E-state index is -0.509. The maximum atomic E-state index is 10.6. The zero-order chi connectivity index (χ0) is 18.4. The molecular weight excluding hydrogens is 326 g/mol. The van der Waals surface area contributed by atoms with Crippen LogP contribution in [-0.4, -0.2) is 47.5 Å². The van der Waals surface area contributed by atoms with Crippen LogP contribution in [0.25, 0.3) is 0 Å². The highest BCUT2D eigenvalue weighted by molar-refractivity contribution is 5.31. The third-order valence-electron chi connectivity index (χ3n) is 5.21. The Morgan fingerprint density at radius 2 is 1.65 bits per heavy atom. The number of aliphatic hydroxyl groups excluding tert-OH is 2. The topological polar surface area (TPSA) is 52.9 Å². The van der Waals surface area contributed by atoms with E-state index in [4.69, 9.17) is 4.74 Å². The van der Waals surface area contributed by atoms with Gasteiger partial charge in [0.2, 0.25) is 0 Å². The molecule has 1 saturated heterocycles. The SMILES string of the molecule is Cc1ccccc1OCC(O)CN1CCC(C(O)c2ccccc2)CC1. The van der Waals surface area contributed by atoms with E-state index in [1.165, 1.54) is 0 Å². The molecular formula is C22H29NO3. The van der Waals surface area contributed by atoms with Gasteiger partial charge in [0.25, 0.3) is 0 Å². The fourth-order valence-corrected chi connectivity index (χ4v) is 3.63. The molecule has 0 radical (unpaired) electrons. The molecule has 2 atom stereocenters. The molecule has 26 heavy (non-hydrogen) atoms. The molecule has 4 nitrogen and oxygen atoms in total. The second-order valence-electron chi connectivity index (χ2n) is 7.22. The zero-order valence-corrected chi connectivity index (χ0v) is 15.4. The second-order valence-corrected chi connectivity index (χ2v) is 7.22. The first kappa shape index (κ1) is 18.9. The Morgan fingerprint density at radius 3 is 2.35 bits per heavy atom. The van der Waals surface area contributed by atoms with E-state index in [0.29, 0.717) is 13.2 Å². The normalized spacial score (nSPS) is 18.4. The van der Waals surface area contributed by atoms with Gasteiger partial charge in [0.05, 0.1) is 6.10 Å². The summed E-state index contributed by atoms with van der Waals surface area (Å²) >= 11 is 0. The van der Waals surface area contributed by atoms with Crippen molar-refractivity contribution in [3.63, 3.8) is 0 Å². The molecule has 1 heterocycles. The third kappa shape index (κ3) is 5.07. The van der Waals surface area contributed by atoms with Crippen LogP contribution in [0.3, 0.4) is 0 Å². The number of piperidine rings is 1. The number of aryl methyl sites for hydroxylation is 1. The fourth-order valence-electron chi connectivity index (χ4n) is 3.63. The summed E-state index contributed by atoms with van der Waals surface area (Å²) in [5, 5.41) is 20.9.